The fourth-order valence-corrected chi connectivity index (χ4v) is 3.96. The summed E-state index contributed by atoms with van der Waals surface area (Å²) in [6, 6.07) is 1.25. The maximum atomic E-state index is 12.7. The van der Waals surface area contributed by atoms with Crippen LogP contribution in [-0.4, -0.2) is 65.5 Å². The van der Waals surface area contributed by atoms with E-state index in [1.165, 1.54) is 24.5 Å². The Morgan fingerprint density at radius 3 is 2.97 bits per heavy atom. The van der Waals surface area contributed by atoms with E-state index in [0.29, 0.717) is 35.4 Å². The molecule has 13 heteroatoms. The van der Waals surface area contributed by atoms with E-state index in [1.54, 1.807) is 0 Å². The molecule has 3 heterocycles. The Morgan fingerprint density at radius 1 is 1.48 bits per heavy atom. The lowest BCUT2D eigenvalue weighted by molar-refractivity contribution is -0.145. The molecule has 168 valence electrons. The van der Waals surface area contributed by atoms with E-state index < -0.39 is 24.1 Å². The van der Waals surface area contributed by atoms with Crippen LogP contribution in [0.15, 0.2) is 17.6 Å². The van der Waals surface area contributed by atoms with E-state index in [1.807, 2.05) is 17.2 Å². The minimum absolute atomic E-state index is 0.0156. The van der Waals surface area contributed by atoms with Crippen molar-refractivity contribution in [3.05, 3.63) is 33.9 Å². The van der Waals surface area contributed by atoms with Gasteiger partial charge in [-0.1, -0.05) is 0 Å². The Hall–Kier alpha value is -2.51. The number of carbonyl (C=O) groups is 1. The van der Waals surface area contributed by atoms with Crippen LogP contribution in [-0.2, 0) is 15.7 Å². The number of thiocarbonyl (C=S) groups is 1. The van der Waals surface area contributed by atoms with Crippen molar-refractivity contribution in [1.82, 2.24) is 14.9 Å². The van der Waals surface area contributed by atoms with Crippen molar-refractivity contribution < 1.29 is 32.2 Å². The number of hydrogen-bond donors (Lipinski definition) is 1. The van der Waals surface area contributed by atoms with Gasteiger partial charge in [-0.3, -0.25) is 0 Å². The normalized spacial score (nSPS) is 16.7. The highest BCUT2D eigenvalue weighted by Crippen LogP contribution is 2.29. The number of rotatable bonds is 5. The van der Waals surface area contributed by atoms with E-state index >= 15 is 0 Å². The molecule has 0 saturated carbocycles. The number of anilines is 1. The number of thiophene rings is 1. The van der Waals surface area contributed by atoms with Crippen molar-refractivity contribution in [2.24, 2.45) is 0 Å². The van der Waals surface area contributed by atoms with Gasteiger partial charge in [0.25, 0.3) is 0 Å². The smallest absolute Gasteiger partial charge is 0.451 e. The van der Waals surface area contributed by atoms with Gasteiger partial charge in [0, 0.05) is 25.4 Å². The van der Waals surface area contributed by atoms with E-state index in [4.69, 9.17) is 26.4 Å². The molecule has 0 radical (unpaired) electrons. The number of esters is 1. The Labute approximate surface area is 185 Å². The van der Waals surface area contributed by atoms with Crippen LogP contribution in [0.25, 0.3) is 0 Å². The minimum Gasteiger partial charge on any atom is -0.475 e. The van der Waals surface area contributed by atoms with Crippen molar-refractivity contribution >= 4 is 40.3 Å². The number of aromatic nitrogens is 2. The molecule has 0 aliphatic carbocycles. The van der Waals surface area contributed by atoms with Crippen LogP contribution in [0.4, 0.5) is 18.9 Å². The molecular weight excluding hydrogens is 457 g/mol. The van der Waals surface area contributed by atoms with Crippen LogP contribution in [0, 0.1) is 6.92 Å². The Kier molecular flexibility index (Phi) is 7.28. The zero-order valence-electron chi connectivity index (χ0n) is 16.6. The van der Waals surface area contributed by atoms with E-state index in [0.717, 1.165) is 11.8 Å². The number of morpholine rings is 1. The van der Waals surface area contributed by atoms with Crippen molar-refractivity contribution in [1.29, 1.82) is 0 Å². The van der Waals surface area contributed by atoms with Gasteiger partial charge in [0.2, 0.25) is 11.7 Å². The van der Waals surface area contributed by atoms with E-state index in [9.17, 15) is 18.0 Å². The first kappa shape index (κ1) is 23.2. The number of methoxy groups -OCH3 is 1. The molecule has 0 spiro atoms. The van der Waals surface area contributed by atoms with Gasteiger partial charge in [-0.2, -0.15) is 18.2 Å². The average molecular weight is 477 g/mol. The third-order valence-electron chi connectivity index (χ3n) is 4.30. The van der Waals surface area contributed by atoms with Gasteiger partial charge in [-0.05, 0) is 30.1 Å². The minimum atomic E-state index is -4.65. The second kappa shape index (κ2) is 9.75. The predicted octanol–water partition coefficient (Wildman–Crippen LogP) is 3.13. The third-order valence-corrected chi connectivity index (χ3v) is 5.74. The number of halogens is 3. The second-order valence-electron chi connectivity index (χ2n) is 6.51. The number of alkyl halides is 3. The summed E-state index contributed by atoms with van der Waals surface area (Å²) in [4.78, 5) is 20.8. The SMILES string of the molecule is COC(=O)c1scc(C)c1NC(=S)N1CCOC(COc2ccnc(C(F)(F)F)n2)C1. The molecule has 8 nitrogen and oxygen atoms in total. The highest BCUT2D eigenvalue weighted by molar-refractivity contribution is 7.80. The van der Waals surface area contributed by atoms with Crippen molar-refractivity contribution in [2.75, 3.05) is 38.7 Å². The molecule has 31 heavy (non-hydrogen) atoms. The summed E-state index contributed by atoms with van der Waals surface area (Å²) >= 11 is 6.73. The molecule has 1 unspecified atom stereocenters. The Morgan fingerprint density at radius 2 is 2.26 bits per heavy atom. The van der Waals surface area contributed by atoms with Crippen LogP contribution < -0.4 is 10.1 Å². The van der Waals surface area contributed by atoms with E-state index in [-0.39, 0.29) is 12.5 Å². The zero-order valence-corrected chi connectivity index (χ0v) is 18.2. The highest BCUT2D eigenvalue weighted by Gasteiger charge is 2.35. The van der Waals surface area contributed by atoms with E-state index in [2.05, 4.69) is 15.3 Å². The first-order valence-corrected chi connectivity index (χ1v) is 10.3. The van der Waals surface area contributed by atoms with Gasteiger partial charge >= 0.3 is 12.1 Å². The van der Waals surface area contributed by atoms with Gasteiger partial charge in [0.15, 0.2) is 5.11 Å². The van der Waals surface area contributed by atoms with Crippen LogP contribution in [0.5, 0.6) is 5.88 Å². The Balaban J connectivity index is 1.59. The number of hydrogen-bond acceptors (Lipinski definition) is 8. The third kappa shape index (κ3) is 5.80. The molecule has 0 bridgehead atoms. The summed E-state index contributed by atoms with van der Waals surface area (Å²) in [6.45, 7) is 3.03. The van der Waals surface area contributed by atoms with Crippen molar-refractivity contribution in [2.45, 2.75) is 19.2 Å². The molecule has 1 aliphatic rings. The summed E-state index contributed by atoms with van der Waals surface area (Å²) in [7, 11) is 1.31. The lowest BCUT2D eigenvalue weighted by Gasteiger charge is -2.34. The molecule has 1 fully saturated rings. The average Bonchev–Trinajstić information content (AvgIpc) is 3.11. The molecule has 0 amide bonds. The first-order valence-electron chi connectivity index (χ1n) is 9.06. The molecule has 1 aliphatic heterocycles. The fraction of sp³-hybridized carbons (Fsp3) is 0.444. The summed E-state index contributed by atoms with van der Waals surface area (Å²) in [5, 5.41) is 5.30. The molecule has 2 aromatic rings. The second-order valence-corrected chi connectivity index (χ2v) is 7.78. The number of aryl methyl sites for hydroxylation is 1. The van der Waals surface area contributed by atoms with Crippen LogP contribution in [0.1, 0.15) is 21.1 Å². The predicted molar refractivity (Wildman–Crippen MR) is 110 cm³/mol. The van der Waals surface area contributed by atoms with Crippen LogP contribution in [0.3, 0.4) is 0 Å². The lowest BCUT2D eigenvalue weighted by atomic mass is 10.2. The van der Waals surface area contributed by atoms with Crippen molar-refractivity contribution in [3.8, 4) is 5.88 Å². The maximum Gasteiger partial charge on any atom is 0.451 e. The number of ether oxygens (including phenoxy) is 3. The molecule has 0 aromatic carbocycles. The topological polar surface area (TPSA) is 85.8 Å². The zero-order chi connectivity index (χ0) is 22.6. The molecule has 2 aromatic heterocycles. The van der Waals surface area contributed by atoms with Gasteiger partial charge in [0.1, 0.15) is 17.6 Å². The summed E-state index contributed by atoms with van der Waals surface area (Å²) < 4.78 is 54.0. The highest BCUT2D eigenvalue weighted by atomic mass is 32.1. The van der Waals surface area contributed by atoms with Crippen molar-refractivity contribution in [3.63, 3.8) is 0 Å². The van der Waals surface area contributed by atoms with Crippen LogP contribution >= 0.6 is 23.6 Å². The van der Waals surface area contributed by atoms with Gasteiger partial charge in [-0.15, -0.1) is 11.3 Å². The Bertz CT molecular complexity index is 954. The van der Waals surface area contributed by atoms with Gasteiger partial charge < -0.3 is 24.4 Å². The molecule has 1 N–H and O–H groups in total. The summed E-state index contributed by atoms with van der Waals surface area (Å²) in [5.41, 5.74) is 1.44. The van der Waals surface area contributed by atoms with Crippen LogP contribution in [0.2, 0.25) is 0 Å². The largest absolute Gasteiger partial charge is 0.475 e. The molecule has 1 atom stereocenters. The summed E-state index contributed by atoms with van der Waals surface area (Å²) in [6.07, 6.45) is -4.11. The van der Waals surface area contributed by atoms with Gasteiger partial charge in [0.05, 0.1) is 19.4 Å². The lowest BCUT2D eigenvalue weighted by Crippen LogP contribution is -2.49. The first-order chi connectivity index (χ1) is 14.7. The monoisotopic (exact) mass is 476 g/mol. The fourth-order valence-electron chi connectivity index (χ4n) is 2.77. The standard InChI is InChI=1S/C18H19F3N4O4S2/c1-10-9-31-14(15(26)27-2)13(10)24-17(30)25-5-6-28-11(7-25)8-29-12-3-4-22-16(23-12)18(19,20)21/h3-4,9,11H,5-8H2,1-2H3,(H,24,30). The number of carbonyl (C=O) groups excluding carboxylic acids is 1. The number of nitrogens with one attached hydrogen (secondary N) is 1. The molecular formula is C18H19F3N4O4S2. The quantitative estimate of drug-likeness (QED) is 0.517. The molecule has 1 saturated heterocycles. The number of nitrogens with zero attached hydrogens (tertiary/aromatic N) is 3. The molecule has 3 rings (SSSR count). The maximum absolute atomic E-state index is 12.7. The summed E-state index contributed by atoms with van der Waals surface area (Å²) in [5.74, 6) is -1.92. The van der Waals surface area contributed by atoms with Gasteiger partial charge in [-0.25, -0.2) is 9.78 Å².